The zero-order chi connectivity index (χ0) is 13.7. The molecule has 4 aromatic heterocycles. The van der Waals surface area contributed by atoms with Gasteiger partial charge in [0.15, 0.2) is 27.8 Å². The van der Waals surface area contributed by atoms with Crippen LogP contribution < -0.4 is 5.73 Å². The number of anilines is 1. The van der Waals surface area contributed by atoms with Crippen LogP contribution in [0.2, 0.25) is 5.15 Å². The van der Waals surface area contributed by atoms with E-state index in [2.05, 4.69) is 29.9 Å². The summed E-state index contributed by atoms with van der Waals surface area (Å²) in [5, 5.41) is 0.285. The Hall–Kier alpha value is -2.81. The Labute approximate surface area is 116 Å². The maximum Gasteiger partial charge on any atom is 0.185 e. The smallest absolute Gasteiger partial charge is 0.185 e. The lowest BCUT2D eigenvalue weighted by atomic mass is 10.5. The van der Waals surface area contributed by atoms with E-state index < -0.39 is 0 Å². The second kappa shape index (κ2) is 3.84. The second-order valence-corrected chi connectivity index (χ2v) is 4.30. The van der Waals surface area contributed by atoms with Crippen LogP contribution in [-0.2, 0) is 0 Å². The molecule has 0 saturated carbocycles. The van der Waals surface area contributed by atoms with Gasteiger partial charge in [-0.15, -0.1) is 0 Å². The summed E-state index contributed by atoms with van der Waals surface area (Å²) in [5.41, 5.74) is 7.86. The molecule has 9 nitrogen and oxygen atoms in total. The van der Waals surface area contributed by atoms with Crippen LogP contribution in [0.1, 0.15) is 0 Å². The third-order valence-corrected chi connectivity index (χ3v) is 3.12. The predicted molar refractivity (Wildman–Crippen MR) is 70.9 cm³/mol. The number of fused-ring (bicyclic) bond motifs is 2. The fourth-order valence-electron chi connectivity index (χ4n) is 1.95. The molecule has 4 heterocycles. The van der Waals surface area contributed by atoms with Gasteiger partial charge in [-0.3, -0.25) is 0 Å². The molecule has 98 valence electrons. The van der Waals surface area contributed by atoms with Crippen LogP contribution in [0, 0.1) is 0 Å². The van der Waals surface area contributed by atoms with Crippen molar-refractivity contribution in [3.8, 4) is 0 Å². The van der Waals surface area contributed by atoms with Crippen molar-refractivity contribution in [2.45, 2.75) is 0 Å². The average molecular weight is 288 g/mol. The van der Waals surface area contributed by atoms with Gasteiger partial charge in [-0.25, -0.2) is 39.3 Å². The van der Waals surface area contributed by atoms with Crippen molar-refractivity contribution in [3.05, 3.63) is 30.5 Å². The highest BCUT2D eigenvalue weighted by molar-refractivity contribution is 6.33. The minimum atomic E-state index is 0.285. The summed E-state index contributed by atoms with van der Waals surface area (Å²) in [6, 6.07) is 0. The van der Waals surface area contributed by atoms with E-state index in [1.165, 1.54) is 12.7 Å². The summed E-state index contributed by atoms with van der Waals surface area (Å²) in [5.74, 6) is 0.311. The molecule has 0 aliphatic heterocycles. The average Bonchev–Trinajstić information content (AvgIpc) is 3.03. The third kappa shape index (κ3) is 1.37. The molecule has 0 spiro atoms. The van der Waals surface area contributed by atoms with Crippen LogP contribution >= 0.6 is 11.6 Å². The molecule has 0 aliphatic carbocycles. The fraction of sp³-hybridized carbons (Fsp3) is 0. The molecule has 0 aromatic carbocycles. The summed E-state index contributed by atoms with van der Waals surface area (Å²) in [4.78, 5) is 24.5. The van der Waals surface area contributed by atoms with E-state index in [1.807, 2.05) is 0 Å². The van der Waals surface area contributed by atoms with E-state index in [0.717, 1.165) is 0 Å². The van der Waals surface area contributed by atoms with Gasteiger partial charge in [0, 0.05) is 0 Å². The summed E-state index contributed by atoms with van der Waals surface area (Å²) in [6.07, 6.45) is 5.86. The molecule has 0 radical (unpaired) electrons. The van der Waals surface area contributed by atoms with Gasteiger partial charge in [0.05, 0.1) is 0 Å². The lowest BCUT2D eigenvalue weighted by molar-refractivity contribution is 0.687. The number of rotatable bonds is 1. The molecule has 2 N–H and O–H groups in total. The van der Waals surface area contributed by atoms with Crippen molar-refractivity contribution in [3.63, 3.8) is 0 Å². The first-order valence-electron chi connectivity index (χ1n) is 5.53. The number of aromatic nitrogens is 8. The van der Waals surface area contributed by atoms with Crippen LogP contribution in [0.15, 0.2) is 25.3 Å². The highest BCUT2D eigenvalue weighted by Gasteiger charge is 2.13. The van der Waals surface area contributed by atoms with Gasteiger partial charge in [0.1, 0.15) is 30.8 Å². The number of nitrogens with two attached hydrogens (primary N) is 1. The molecule has 0 amide bonds. The molecule has 0 aliphatic rings. The van der Waals surface area contributed by atoms with E-state index >= 15 is 0 Å². The molecule has 0 unspecified atom stereocenters. The topological polar surface area (TPSA) is 113 Å². The second-order valence-electron chi connectivity index (χ2n) is 3.95. The Balaban J connectivity index is 2.07. The van der Waals surface area contributed by atoms with Crippen LogP contribution in [0.25, 0.3) is 22.3 Å². The molecule has 4 aromatic rings. The Bertz CT molecular complexity index is 862. The Morgan fingerprint density at radius 1 is 0.800 bits per heavy atom. The summed E-state index contributed by atoms with van der Waals surface area (Å²) >= 11 is 5.98. The predicted octanol–water partition coefficient (Wildman–Crippen LogP) is 0.513. The number of hydrogen-bond donors (Lipinski definition) is 1. The number of nitrogen functional groups attached to an aromatic ring is 1. The lowest BCUT2D eigenvalue weighted by Gasteiger charge is -2.04. The SMILES string of the molecule is Nc1ncnc2c1ncn2-n1cnc2c(Cl)ncnc21. The zero-order valence-electron chi connectivity index (χ0n) is 9.84. The van der Waals surface area contributed by atoms with Gasteiger partial charge in [-0.05, 0) is 0 Å². The Morgan fingerprint density at radius 3 is 2.15 bits per heavy atom. The van der Waals surface area contributed by atoms with Crippen molar-refractivity contribution in [1.82, 2.24) is 39.3 Å². The van der Waals surface area contributed by atoms with Crippen LogP contribution in [0.4, 0.5) is 5.82 Å². The van der Waals surface area contributed by atoms with E-state index in [0.29, 0.717) is 28.1 Å². The summed E-state index contributed by atoms with van der Waals surface area (Å²) in [7, 11) is 0. The molecular weight excluding hydrogens is 282 g/mol. The third-order valence-electron chi connectivity index (χ3n) is 2.85. The quantitative estimate of drug-likeness (QED) is 0.507. The number of hydrogen-bond acceptors (Lipinski definition) is 7. The van der Waals surface area contributed by atoms with Gasteiger partial charge in [0.25, 0.3) is 0 Å². The van der Waals surface area contributed by atoms with Crippen LogP contribution in [0.3, 0.4) is 0 Å². The number of imidazole rings is 2. The standard InChI is InChI=1S/C10H6ClN9/c11-7-5-9(15-1-13-7)19(3-17-5)20-4-18-6-8(12)14-2-16-10(6)20/h1-4H,(H2,12,14,16). The van der Waals surface area contributed by atoms with E-state index in [4.69, 9.17) is 17.3 Å². The van der Waals surface area contributed by atoms with Crippen molar-refractivity contribution in [2.24, 2.45) is 0 Å². The van der Waals surface area contributed by atoms with Gasteiger partial charge in [0.2, 0.25) is 0 Å². The number of halogens is 1. The summed E-state index contributed by atoms with van der Waals surface area (Å²) < 4.78 is 3.32. The maximum absolute atomic E-state index is 5.98. The van der Waals surface area contributed by atoms with Gasteiger partial charge < -0.3 is 5.73 Å². The molecule has 10 heteroatoms. The van der Waals surface area contributed by atoms with Crippen molar-refractivity contribution in [1.29, 1.82) is 0 Å². The monoisotopic (exact) mass is 287 g/mol. The van der Waals surface area contributed by atoms with Crippen molar-refractivity contribution < 1.29 is 0 Å². The highest BCUT2D eigenvalue weighted by atomic mass is 35.5. The minimum absolute atomic E-state index is 0.285. The molecule has 0 bridgehead atoms. The van der Waals surface area contributed by atoms with E-state index in [1.54, 1.807) is 22.0 Å². The minimum Gasteiger partial charge on any atom is -0.382 e. The first-order valence-corrected chi connectivity index (χ1v) is 5.91. The van der Waals surface area contributed by atoms with Gasteiger partial charge in [-0.2, -0.15) is 0 Å². The molecule has 20 heavy (non-hydrogen) atoms. The van der Waals surface area contributed by atoms with Gasteiger partial charge in [-0.1, -0.05) is 11.6 Å². The van der Waals surface area contributed by atoms with E-state index in [9.17, 15) is 0 Å². The molecule has 0 atom stereocenters. The van der Waals surface area contributed by atoms with Crippen molar-refractivity contribution in [2.75, 3.05) is 5.73 Å². The first-order chi connectivity index (χ1) is 9.75. The van der Waals surface area contributed by atoms with Crippen LogP contribution in [-0.4, -0.2) is 39.3 Å². The molecule has 4 rings (SSSR count). The Kier molecular flexibility index (Phi) is 2.12. The fourth-order valence-corrected chi connectivity index (χ4v) is 2.13. The van der Waals surface area contributed by atoms with E-state index in [-0.39, 0.29) is 5.15 Å². The van der Waals surface area contributed by atoms with Crippen molar-refractivity contribution >= 4 is 39.7 Å². The maximum atomic E-state index is 5.98. The molecule has 0 saturated heterocycles. The first kappa shape index (κ1) is 11.1. The Morgan fingerprint density at radius 2 is 1.40 bits per heavy atom. The summed E-state index contributed by atoms with van der Waals surface area (Å²) in [6.45, 7) is 0. The van der Waals surface area contributed by atoms with Gasteiger partial charge >= 0.3 is 0 Å². The number of nitrogens with zero attached hydrogens (tertiary/aromatic N) is 8. The lowest BCUT2D eigenvalue weighted by Crippen LogP contribution is -2.08. The normalized spacial score (nSPS) is 11.4. The highest BCUT2D eigenvalue weighted by Crippen LogP contribution is 2.20. The molecular formula is C10H6ClN9. The largest absolute Gasteiger partial charge is 0.382 e. The van der Waals surface area contributed by atoms with Crippen LogP contribution in [0.5, 0.6) is 0 Å². The zero-order valence-corrected chi connectivity index (χ0v) is 10.6. The molecule has 0 fully saturated rings.